The van der Waals surface area contributed by atoms with Crippen molar-refractivity contribution in [2.45, 2.75) is 26.4 Å². The summed E-state index contributed by atoms with van der Waals surface area (Å²) in [5, 5.41) is 3.56. The summed E-state index contributed by atoms with van der Waals surface area (Å²) in [6.07, 6.45) is 0.745. The Labute approximate surface area is 168 Å². The highest BCUT2D eigenvalue weighted by Gasteiger charge is 2.34. The van der Waals surface area contributed by atoms with Crippen LogP contribution in [0.2, 0.25) is 0 Å². The number of aryl methyl sites for hydroxylation is 2. The molecule has 0 saturated heterocycles. The van der Waals surface area contributed by atoms with Crippen LogP contribution in [0.15, 0.2) is 71.2 Å². The van der Waals surface area contributed by atoms with Gasteiger partial charge in [0.1, 0.15) is 6.17 Å². The number of hydrogen-bond acceptors (Lipinski definition) is 2. The van der Waals surface area contributed by atoms with Gasteiger partial charge in [0.15, 0.2) is 0 Å². The molecule has 0 saturated carbocycles. The van der Waals surface area contributed by atoms with E-state index in [1.54, 1.807) is 0 Å². The molecule has 4 heteroatoms. The topological polar surface area (TPSA) is 32.3 Å². The highest BCUT2D eigenvalue weighted by Crippen LogP contribution is 2.37. The van der Waals surface area contributed by atoms with Gasteiger partial charge in [0, 0.05) is 15.8 Å². The fourth-order valence-corrected chi connectivity index (χ4v) is 3.71. The molecular formula is C23H21BrN2O. The first-order chi connectivity index (χ1) is 13.1. The number of halogens is 1. The molecule has 1 atom stereocenters. The summed E-state index contributed by atoms with van der Waals surface area (Å²) in [7, 11) is 0. The molecule has 0 aliphatic carbocycles. The van der Waals surface area contributed by atoms with Crippen LogP contribution in [0.3, 0.4) is 0 Å². The number of amides is 1. The normalized spacial score (nSPS) is 16.0. The molecule has 3 nitrogen and oxygen atoms in total. The van der Waals surface area contributed by atoms with Crippen molar-refractivity contribution < 1.29 is 4.79 Å². The lowest BCUT2D eigenvalue weighted by molar-refractivity contribution is 0.0975. The molecule has 136 valence electrons. The van der Waals surface area contributed by atoms with Crippen LogP contribution in [-0.4, -0.2) is 5.91 Å². The van der Waals surface area contributed by atoms with Crippen LogP contribution < -0.4 is 10.2 Å². The second kappa shape index (κ2) is 7.20. The molecular weight excluding hydrogens is 400 g/mol. The van der Waals surface area contributed by atoms with Crippen molar-refractivity contribution in [2.24, 2.45) is 0 Å². The van der Waals surface area contributed by atoms with E-state index in [1.807, 2.05) is 54.3 Å². The lowest BCUT2D eigenvalue weighted by Gasteiger charge is -2.38. The lowest BCUT2D eigenvalue weighted by atomic mass is 10.0. The number of nitrogens with zero attached hydrogens (tertiary/aromatic N) is 1. The number of carbonyl (C=O) groups excluding carboxylic acids is 1. The molecule has 1 aliphatic heterocycles. The third kappa shape index (κ3) is 3.26. The Bertz CT molecular complexity index is 998. The number of fused-ring (bicyclic) bond motifs is 1. The number of benzene rings is 3. The van der Waals surface area contributed by atoms with Gasteiger partial charge < -0.3 is 5.32 Å². The zero-order valence-corrected chi connectivity index (χ0v) is 17.0. The number of nitrogens with one attached hydrogen (secondary N) is 1. The summed E-state index contributed by atoms with van der Waals surface area (Å²) in [6, 6.07) is 22.2. The second-order valence-corrected chi connectivity index (χ2v) is 7.65. The summed E-state index contributed by atoms with van der Waals surface area (Å²) in [6.45, 7) is 4.18. The molecule has 3 aromatic rings. The molecule has 0 radical (unpaired) electrons. The van der Waals surface area contributed by atoms with E-state index in [1.165, 1.54) is 5.56 Å². The van der Waals surface area contributed by atoms with Gasteiger partial charge in [-0.2, -0.15) is 0 Å². The minimum atomic E-state index is -0.251. The molecule has 0 bridgehead atoms. The minimum absolute atomic E-state index is 0.00985. The van der Waals surface area contributed by atoms with Crippen LogP contribution in [0.25, 0.3) is 0 Å². The van der Waals surface area contributed by atoms with Crippen molar-refractivity contribution in [1.82, 2.24) is 0 Å². The molecule has 27 heavy (non-hydrogen) atoms. The van der Waals surface area contributed by atoms with Crippen molar-refractivity contribution in [1.29, 1.82) is 0 Å². The second-order valence-electron chi connectivity index (χ2n) is 6.80. The third-order valence-corrected chi connectivity index (χ3v) is 5.94. The van der Waals surface area contributed by atoms with Gasteiger partial charge in [-0.1, -0.05) is 59.3 Å². The SMILES string of the molecule is CCc1ccc([C@@H]2Nc3ccccc3C(=O)N2c2ccc(Br)c(C)c2)cc1. The number of para-hydroxylation sites is 1. The maximum atomic E-state index is 13.4. The number of carbonyl (C=O) groups is 1. The van der Waals surface area contributed by atoms with Crippen LogP contribution in [0.1, 0.15) is 40.1 Å². The van der Waals surface area contributed by atoms with E-state index in [4.69, 9.17) is 0 Å². The Morgan fingerprint density at radius 1 is 1.04 bits per heavy atom. The van der Waals surface area contributed by atoms with Crippen LogP contribution in [0, 0.1) is 6.92 Å². The summed E-state index contributed by atoms with van der Waals surface area (Å²) in [5.74, 6) is 0.00985. The molecule has 4 rings (SSSR count). The van der Waals surface area contributed by atoms with Gasteiger partial charge in [0.25, 0.3) is 5.91 Å². The van der Waals surface area contributed by atoms with E-state index in [0.717, 1.165) is 33.4 Å². The lowest BCUT2D eigenvalue weighted by Crippen LogP contribution is -2.43. The maximum Gasteiger partial charge on any atom is 0.262 e. The van der Waals surface area contributed by atoms with Crippen molar-refractivity contribution in [3.05, 3.63) is 93.5 Å². The van der Waals surface area contributed by atoms with E-state index in [2.05, 4.69) is 52.4 Å². The highest BCUT2D eigenvalue weighted by molar-refractivity contribution is 9.10. The van der Waals surface area contributed by atoms with Crippen LogP contribution in [0.5, 0.6) is 0 Å². The van der Waals surface area contributed by atoms with E-state index in [0.29, 0.717) is 5.56 Å². The fraction of sp³-hybridized carbons (Fsp3) is 0.174. The van der Waals surface area contributed by atoms with Gasteiger partial charge in [0.05, 0.1) is 5.56 Å². The van der Waals surface area contributed by atoms with Crippen molar-refractivity contribution in [3.8, 4) is 0 Å². The first-order valence-electron chi connectivity index (χ1n) is 9.12. The first kappa shape index (κ1) is 17.8. The van der Waals surface area contributed by atoms with Gasteiger partial charge in [0.2, 0.25) is 0 Å². The standard InChI is InChI=1S/C23H21BrN2O/c1-3-16-8-10-17(11-9-16)22-25-21-7-5-4-6-19(21)23(27)26(22)18-12-13-20(24)15(2)14-18/h4-14,22,25H,3H2,1-2H3/t22-/m1/s1. The van der Waals surface area contributed by atoms with Gasteiger partial charge in [-0.25, -0.2) is 0 Å². The van der Waals surface area contributed by atoms with Crippen molar-refractivity contribution in [2.75, 3.05) is 10.2 Å². The quantitative estimate of drug-likeness (QED) is 0.555. The summed E-state index contributed by atoms with van der Waals surface area (Å²) in [4.78, 5) is 15.2. The molecule has 1 amide bonds. The molecule has 1 heterocycles. The molecule has 0 unspecified atom stereocenters. The van der Waals surface area contributed by atoms with E-state index in [-0.39, 0.29) is 12.1 Å². The molecule has 1 aliphatic rings. The van der Waals surface area contributed by atoms with Gasteiger partial charge in [-0.05, 0) is 60.4 Å². The van der Waals surface area contributed by atoms with Crippen molar-refractivity contribution >= 4 is 33.2 Å². The zero-order chi connectivity index (χ0) is 19.0. The van der Waals surface area contributed by atoms with Gasteiger partial charge in [-0.15, -0.1) is 0 Å². The predicted molar refractivity (Wildman–Crippen MR) is 114 cm³/mol. The minimum Gasteiger partial charge on any atom is -0.360 e. The van der Waals surface area contributed by atoms with Crippen LogP contribution in [-0.2, 0) is 6.42 Å². The third-order valence-electron chi connectivity index (χ3n) is 5.05. The Morgan fingerprint density at radius 3 is 2.48 bits per heavy atom. The van der Waals surface area contributed by atoms with Crippen molar-refractivity contribution in [3.63, 3.8) is 0 Å². The monoisotopic (exact) mass is 420 g/mol. The van der Waals surface area contributed by atoms with E-state index < -0.39 is 0 Å². The number of anilines is 2. The van der Waals surface area contributed by atoms with E-state index in [9.17, 15) is 4.79 Å². The van der Waals surface area contributed by atoms with Gasteiger partial charge >= 0.3 is 0 Å². The number of rotatable bonds is 3. The molecule has 0 aromatic heterocycles. The van der Waals surface area contributed by atoms with E-state index >= 15 is 0 Å². The zero-order valence-electron chi connectivity index (χ0n) is 15.4. The smallest absolute Gasteiger partial charge is 0.262 e. The Kier molecular flexibility index (Phi) is 4.75. The molecule has 0 spiro atoms. The summed E-state index contributed by atoms with van der Waals surface area (Å²) < 4.78 is 1.04. The molecule has 3 aromatic carbocycles. The summed E-state index contributed by atoms with van der Waals surface area (Å²) in [5.41, 5.74) is 5.89. The Balaban J connectivity index is 1.84. The average molecular weight is 421 g/mol. The Hall–Kier alpha value is -2.59. The molecule has 1 N–H and O–H groups in total. The summed E-state index contributed by atoms with van der Waals surface area (Å²) >= 11 is 3.55. The first-order valence-corrected chi connectivity index (χ1v) is 9.92. The van der Waals surface area contributed by atoms with Crippen LogP contribution >= 0.6 is 15.9 Å². The molecule has 0 fully saturated rings. The number of hydrogen-bond donors (Lipinski definition) is 1. The largest absolute Gasteiger partial charge is 0.360 e. The highest BCUT2D eigenvalue weighted by atomic mass is 79.9. The fourth-order valence-electron chi connectivity index (χ4n) is 3.47. The maximum absolute atomic E-state index is 13.4. The Morgan fingerprint density at radius 2 is 1.78 bits per heavy atom. The van der Waals surface area contributed by atoms with Gasteiger partial charge in [-0.3, -0.25) is 9.69 Å². The average Bonchev–Trinajstić information content (AvgIpc) is 2.70. The predicted octanol–water partition coefficient (Wildman–Crippen LogP) is 6.09. The van der Waals surface area contributed by atoms with Crippen LogP contribution in [0.4, 0.5) is 11.4 Å².